The first kappa shape index (κ1) is 10.3. The van der Waals surface area contributed by atoms with Crippen molar-refractivity contribution in [2.45, 2.75) is 25.2 Å². The average molecular weight is 206 g/mol. The van der Waals surface area contributed by atoms with Crippen molar-refractivity contribution in [2.24, 2.45) is 0 Å². The lowest BCUT2D eigenvalue weighted by molar-refractivity contribution is -0.120. The van der Waals surface area contributed by atoms with E-state index in [0.717, 1.165) is 11.8 Å². The molecule has 0 aliphatic carbocycles. The maximum Gasteiger partial charge on any atom is 0.165 e. The van der Waals surface area contributed by atoms with E-state index in [2.05, 4.69) is 0 Å². The van der Waals surface area contributed by atoms with Crippen LogP contribution in [0.5, 0.6) is 0 Å². The fraction of sp³-hybridized carbons (Fsp3) is 0.417. The topological polar surface area (TPSA) is 35.5 Å². The van der Waals surface area contributed by atoms with E-state index in [1.807, 2.05) is 37.3 Å². The number of hydrogen-bond acceptors (Lipinski definition) is 3. The molecule has 15 heavy (non-hydrogen) atoms. The molecule has 3 unspecified atom stereocenters. The molecule has 1 aliphatic rings. The summed E-state index contributed by atoms with van der Waals surface area (Å²) in [6, 6.07) is 10.0. The first-order valence-electron chi connectivity index (χ1n) is 5.08. The van der Waals surface area contributed by atoms with Crippen LogP contribution in [0.15, 0.2) is 30.3 Å². The van der Waals surface area contributed by atoms with Gasteiger partial charge in [-0.05, 0) is 5.56 Å². The van der Waals surface area contributed by atoms with Crippen molar-refractivity contribution in [2.75, 3.05) is 6.61 Å². The van der Waals surface area contributed by atoms with Crippen molar-refractivity contribution in [1.82, 2.24) is 0 Å². The lowest BCUT2D eigenvalue weighted by Gasteiger charge is -2.18. The zero-order valence-electron chi connectivity index (χ0n) is 8.63. The largest absolute Gasteiger partial charge is 0.349 e. The van der Waals surface area contributed by atoms with E-state index in [4.69, 9.17) is 9.47 Å². The van der Waals surface area contributed by atoms with Crippen LogP contribution in [0.1, 0.15) is 18.4 Å². The molecule has 0 bridgehead atoms. The Morgan fingerprint density at radius 2 is 2.13 bits per heavy atom. The van der Waals surface area contributed by atoms with Crippen LogP contribution in [0.4, 0.5) is 0 Å². The fourth-order valence-electron chi connectivity index (χ4n) is 1.69. The van der Waals surface area contributed by atoms with Gasteiger partial charge in [0.05, 0.1) is 6.61 Å². The molecule has 3 nitrogen and oxygen atoms in total. The Bertz CT molecular complexity index is 323. The van der Waals surface area contributed by atoms with Gasteiger partial charge in [-0.2, -0.15) is 0 Å². The summed E-state index contributed by atoms with van der Waals surface area (Å²) in [6.07, 6.45) is 0.0845. The molecule has 0 N–H and O–H groups in total. The van der Waals surface area contributed by atoms with Crippen LogP contribution in [0.3, 0.4) is 0 Å². The molecule has 1 fully saturated rings. The van der Waals surface area contributed by atoms with Gasteiger partial charge < -0.3 is 14.3 Å². The summed E-state index contributed by atoms with van der Waals surface area (Å²) >= 11 is 0. The first-order chi connectivity index (χ1) is 7.31. The van der Waals surface area contributed by atoms with Crippen LogP contribution in [-0.2, 0) is 14.3 Å². The van der Waals surface area contributed by atoms with Crippen LogP contribution in [-0.4, -0.2) is 25.3 Å². The summed E-state index contributed by atoms with van der Waals surface area (Å²) in [5.41, 5.74) is 1.16. The van der Waals surface area contributed by atoms with Crippen molar-refractivity contribution in [3.8, 4) is 0 Å². The maximum atomic E-state index is 10.5. The van der Waals surface area contributed by atoms with Gasteiger partial charge in [0.15, 0.2) is 12.6 Å². The Kier molecular flexibility index (Phi) is 3.14. The monoisotopic (exact) mass is 206 g/mol. The summed E-state index contributed by atoms with van der Waals surface area (Å²) < 4.78 is 10.9. The quantitative estimate of drug-likeness (QED) is 0.706. The number of rotatable bonds is 3. The number of benzene rings is 1. The van der Waals surface area contributed by atoms with Crippen molar-refractivity contribution in [3.63, 3.8) is 0 Å². The van der Waals surface area contributed by atoms with Gasteiger partial charge in [0.2, 0.25) is 0 Å². The molecular weight excluding hydrogens is 192 g/mol. The molecule has 0 radical (unpaired) electrons. The van der Waals surface area contributed by atoms with Crippen LogP contribution < -0.4 is 0 Å². The molecule has 0 aromatic heterocycles. The highest BCUT2D eigenvalue weighted by atomic mass is 16.7. The minimum atomic E-state index is -0.402. The smallest absolute Gasteiger partial charge is 0.165 e. The van der Waals surface area contributed by atoms with Gasteiger partial charge in [-0.25, -0.2) is 0 Å². The summed E-state index contributed by atoms with van der Waals surface area (Å²) in [6.45, 7) is 2.40. The van der Waals surface area contributed by atoms with Crippen molar-refractivity contribution < 1.29 is 14.3 Å². The number of carbonyl (C=O) groups is 1. The van der Waals surface area contributed by atoms with Crippen LogP contribution >= 0.6 is 0 Å². The molecule has 0 amide bonds. The summed E-state index contributed by atoms with van der Waals surface area (Å²) in [5.74, 6) is 0.149. The van der Waals surface area contributed by atoms with Gasteiger partial charge >= 0.3 is 0 Å². The number of ether oxygens (including phenoxy) is 2. The molecule has 1 aliphatic heterocycles. The van der Waals surface area contributed by atoms with E-state index in [1.54, 1.807) is 0 Å². The van der Waals surface area contributed by atoms with E-state index in [-0.39, 0.29) is 12.2 Å². The molecule has 0 saturated carbocycles. The lowest BCUT2D eigenvalue weighted by Crippen LogP contribution is -2.19. The van der Waals surface area contributed by atoms with Crippen LogP contribution in [0, 0.1) is 0 Å². The van der Waals surface area contributed by atoms with Gasteiger partial charge in [-0.15, -0.1) is 0 Å². The van der Waals surface area contributed by atoms with Gasteiger partial charge in [-0.1, -0.05) is 37.3 Å². The summed E-state index contributed by atoms with van der Waals surface area (Å²) in [5, 5.41) is 0. The van der Waals surface area contributed by atoms with Crippen LogP contribution in [0.2, 0.25) is 0 Å². The Hall–Kier alpha value is -1.19. The Morgan fingerprint density at radius 3 is 2.73 bits per heavy atom. The Morgan fingerprint density at radius 1 is 1.40 bits per heavy atom. The normalized spacial score (nSPS) is 27.5. The number of hydrogen-bond donors (Lipinski definition) is 0. The van der Waals surface area contributed by atoms with Crippen molar-refractivity contribution >= 4 is 6.29 Å². The van der Waals surface area contributed by atoms with E-state index in [0.29, 0.717) is 6.61 Å². The molecule has 3 heteroatoms. The minimum absolute atomic E-state index is 0.149. The highest BCUT2D eigenvalue weighted by molar-refractivity contribution is 5.56. The highest BCUT2D eigenvalue weighted by Crippen LogP contribution is 2.26. The predicted octanol–water partition coefficient (Wildman–Crippen LogP) is 1.73. The van der Waals surface area contributed by atoms with E-state index in [9.17, 15) is 4.79 Å². The molecule has 1 saturated heterocycles. The van der Waals surface area contributed by atoms with Gasteiger partial charge in [-0.3, -0.25) is 0 Å². The van der Waals surface area contributed by atoms with E-state index >= 15 is 0 Å². The molecule has 1 aromatic rings. The molecular formula is C12H14O3. The molecule has 0 spiro atoms. The standard InChI is InChI=1S/C12H14O3/c1-9(10-5-3-2-4-6-10)12-14-8-11(7-13)15-12/h2-7,9,11-12H,8H2,1H3. The second-order valence-corrected chi connectivity index (χ2v) is 3.71. The second kappa shape index (κ2) is 4.55. The number of aldehydes is 1. The third kappa shape index (κ3) is 2.25. The zero-order valence-corrected chi connectivity index (χ0v) is 8.63. The van der Waals surface area contributed by atoms with Crippen LogP contribution in [0.25, 0.3) is 0 Å². The van der Waals surface area contributed by atoms with Crippen molar-refractivity contribution in [1.29, 1.82) is 0 Å². The molecule has 80 valence electrons. The molecule has 2 rings (SSSR count). The SMILES string of the molecule is CC(c1ccccc1)C1OCC(C=O)O1. The lowest BCUT2D eigenvalue weighted by atomic mass is 10.0. The predicted molar refractivity (Wildman–Crippen MR) is 55.5 cm³/mol. The number of carbonyl (C=O) groups excluding carboxylic acids is 1. The first-order valence-corrected chi connectivity index (χ1v) is 5.08. The van der Waals surface area contributed by atoms with E-state index in [1.165, 1.54) is 0 Å². The fourth-order valence-corrected chi connectivity index (χ4v) is 1.69. The highest BCUT2D eigenvalue weighted by Gasteiger charge is 2.30. The summed E-state index contributed by atoms with van der Waals surface area (Å²) in [7, 11) is 0. The molecule has 3 atom stereocenters. The Labute approximate surface area is 89.0 Å². The third-order valence-electron chi connectivity index (χ3n) is 2.62. The van der Waals surface area contributed by atoms with Gasteiger partial charge in [0.1, 0.15) is 6.10 Å². The Balaban J connectivity index is 2.03. The maximum absolute atomic E-state index is 10.5. The minimum Gasteiger partial charge on any atom is -0.349 e. The summed E-state index contributed by atoms with van der Waals surface area (Å²) in [4.78, 5) is 10.5. The van der Waals surface area contributed by atoms with E-state index < -0.39 is 6.10 Å². The van der Waals surface area contributed by atoms with Gasteiger partial charge in [0.25, 0.3) is 0 Å². The third-order valence-corrected chi connectivity index (χ3v) is 2.62. The van der Waals surface area contributed by atoms with Crippen molar-refractivity contribution in [3.05, 3.63) is 35.9 Å². The second-order valence-electron chi connectivity index (χ2n) is 3.71. The zero-order chi connectivity index (χ0) is 10.7. The molecule has 1 aromatic carbocycles. The molecule has 1 heterocycles. The van der Waals surface area contributed by atoms with Gasteiger partial charge in [0, 0.05) is 5.92 Å². The average Bonchev–Trinajstić information content (AvgIpc) is 2.78.